The minimum absolute atomic E-state index is 0.110. The van der Waals surface area contributed by atoms with E-state index in [9.17, 15) is 13.2 Å². The highest BCUT2D eigenvalue weighted by molar-refractivity contribution is 7.89. The van der Waals surface area contributed by atoms with Gasteiger partial charge in [-0.15, -0.1) is 0 Å². The molecule has 0 aliphatic rings. The molecule has 0 unspecified atom stereocenters. The molecule has 158 valence electrons. The van der Waals surface area contributed by atoms with E-state index in [1.54, 1.807) is 39.0 Å². The Kier molecular flexibility index (Phi) is 6.82. The Morgan fingerprint density at radius 1 is 1.10 bits per heavy atom. The predicted molar refractivity (Wildman–Crippen MR) is 117 cm³/mol. The molecule has 29 heavy (non-hydrogen) atoms. The summed E-state index contributed by atoms with van der Waals surface area (Å²) in [7, 11) is 1.16. The third-order valence-corrected chi connectivity index (χ3v) is 5.86. The summed E-state index contributed by atoms with van der Waals surface area (Å²) in [6.07, 6.45) is 0. The van der Waals surface area contributed by atoms with Crippen LogP contribution < -0.4 is 19.7 Å². The van der Waals surface area contributed by atoms with E-state index >= 15 is 0 Å². The second-order valence-electron chi connectivity index (χ2n) is 7.73. The van der Waals surface area contributed by atoms with E-state index in [0.29, 0.717) is 10.7 Å². The van der Waals surface area contributed by atoms with E-state index in [4.69, 9.17) is 16.3 Å². The highest BCUT2D eigenvalue weighted by atomic mass is 35.5. The maximum Gasteiger partial charge on any atom is 0.255 e. The van der Waals surface area contributed by atoms with Gasteiger partial charge < -0.3 is 15.0 Å². The van der Waals surface area contributed by atoms with Gasteiger partial charge in [0.05, 0.1) is 18.5 Å². The van der Waals surface area contributed by atoms with E-state index in [1.165, 1.54) is 25.3 Å². The third kappa shape index (κ3) is 5.85. The van der Waals surface area contributed by atoms with Gasteiger partial charge in [0, 0.05) is 30.2 Å². The van der Waals surface area contributed by atoms with Gasteiger partial charge in [-0.25, -0.2) is 13.1 Å². The molecule has 0 aliphatic heterocycles. The van der Waals surface area contributed by atoms with Crippen LogP contribution in [0.25, 0.3) is 0 Å². The largest absolute Gasteiger partial charge is 0.495 e. The van der Waals surface area contributed by atoms with Gasteiger partial charge in [-0.2, -0.15) is 0 Å². The van der Waals surface area contributed by atoms with Crippen LogP contribution in [0.5, 0.6) is 5.75 Å². The van der Waals surface area contributed by atoms with Crippen LogP contribution in [0.2, 0.25) is 5.02 Å². The molecule has 2 rings (SSSR count). The number of ether oxygens (including phenoxy) is 1. The smallest absolute Gasteiger partial charge is 0.255 e. The molecule has 9 heteroatoms. The number of nitrogens with zero attached hydrogens (tertiary/aromatic N) is 1. The number of nitrogens with one attached hydrogen (secondary N) is 2. The average molecular weight is 440 g/mol. The van der Waals surface area contributed by atoms with E-state index in [0.717, 1.165) is 5.69 Å². The molecular weight excluding hydrogens is 414 g/mol. The predicted octanol–water partition coefficient (Wildman–Crippen LogP) is 3.74. The van der Waals surface area contributed by atoms with Crippen molar-refractivity contribution in [3.63, 3.8) is 0 Å². The zero-order valence-electron chi connectivity index (χ0n) is 17.3. The second kappa shape index (κ2) is 8.61. The number of rotatable bonds is 6. The van der Waals surface area contributed by atoms with Crippen molar-refractivity contribution in [2.24, 2.45) is 0 Å². The average Bonchev–Trinajstić information content (AvgIpc) is 2.58. The summed E-state index contributed by atoms with van der Waals surface area (Å²) >= 11 is 6.06. The SMILES string of the molecule is COc1ccc(C(=O)Nc2cc(Cl)ccc2N(C)C)cc1S(=O)(=O)NC(C)(C)C. The van der Waals surface area contributed by atoms with Crippen LogP contribution in [0.3, 0.4) is 0 Å². The number of benzene rings is 2. The van der Waals surface area contributed by atoms with Crippen molar-refractivity contribution in [1.82, 2.24) is 4.72 Å². The molecule has 0 bridgehead atoms. The number of hydrogen-bond acceptors (Lipinski definition) is 5. The van der Waals surface area contributed by atoms with Crippen LogP contribution in [0.4, 0.5) is 11.4 Å². The fraction of sp³-hybridized carbons (Fsp3) is 0.350. The van der Waals surface area contributed by atoms with E-state index in [1.807, 2.05) is 19.0 Å². The highest BCUT2D eigenvalue weighted by Gasteiger charge is 2.26. The van der Waals surface area contributed by atoms with Gasteiger partial charge in [0.25, 0.3) is 5.91 Å². The van der Waals surface area contributed by atoms with Crippen LogP contribution in [0.15, 0.2) is 41.3 Å². The summed E-state index contributed by atoms with van der Waals surface area (Å²) in [5, 5.41) is 3.26. The minimum Gasteiger partial charge on any atom is -0.495 e. The Bertz CT molecular complexity index is 1010. The third-order valence-electron chi connectivity index (χ3n) is 3.84. The van der Waals surface area contributed by atoms with Crippen molar-refractivity contribution >= 4 is 38.9 Å². The van der Waals surface area contributed by atoms with Crippen molar-refractivity contribution in [3.8, 4) is 5.75 Å². The van der Waals surface area contributed by atoms with Crippen molar-refractivity contribution in [2.75, 3.05) is 31.4 Å². The standard InChI is InChI=1S/C20H26ClN3O4S/c1-20(2,3)23-29(26,27)18-11-13(7-10-17(18)28-6)19(25)22-15-12-14(21)8-9-16(15)24(4)5/h7-12,23H,1-6H3,(H,22,25). The number of methoxy groups -OCH3 is 1. The van der Waals surface area contributed by atoms with E-state index in [-0.39, 0.29) is 16.2 Å². The number of anilines is 2. The first-order valence-corrected chi connectivity index (χ1v) is 10.7. The summed E-state index contributed by atoms with van der Waals surface area (Å²) < 4.78 is 33.4. The molecule has 0 heterocycles. The molecule has 7 nitrogen and oxygen atoms in total. The molecule has 0 spiro atoms. The van der Waals surface area contributed by atoms with Crippen molar-refractivity contribution in [3.05, 3.63) is 47.0 Å². The number of carbonyl (C=O) groups excluding carboxylic acids is 1. The Morgan fingerprint density at radius 2 is 1.76 bits per heavy atom. The first kappa shape index (κ1) is 23.0. The number of carbonyl (C=O) groups is 1. The lowest BCUT2D eigenvalue weighted by Crippen LogP contribution is -2.40. The normalized spacial score (nSPS) is 11.8. The monoisotopic (exact) mass is 439 g/mol. The molecule has 2 N–H and O–H groups in total. The molecule has 0 atom stereocenters. The maximum atomic E-state index is 12.8. The lowest BCUT2D eigenvalue weighted by molar-refractivity contribution is 0.102. The van der Waals surface area contributed by atoms with E-state index in [2.05, 4.69) is 10.0 Å². The summed E-state index contributed by atoms with van der Waals surface area (Å²) in [6, 6.07) is 9.40. The molecule has 2 aromatic carbocycles. The maximum absolute atomic E-state index is 12.8. The molecule has 0 saturated carbocycles. The summed E-state index contributed by atoms with van der Waals surface area (Å²) in [5.41, 5.74) is 0.757. The van der Waals surface area contributed by atoms with Crippen molar-refractivity contribution in [1.29, 1.82) is 0 Å². The molecule has 0 radical (unpaired) electrons. The van der Waals surface area contributed by atoms with Gasteiger partial charge in [0.1, 0.15) is 10.6 Å². The lowest BCUT2D eigenvalue weighted by Gasteiger charge is -2.22. The Morgan fingerprint density at radius 3 is 2.31 bits per heavy atom. The zero-order valence-corrected chi connectivity index (χ0v) is 18.9. The molecule has 0 aromatic heterocycles. The minimum atomic E-state index is -3.90. The molecule has 0 fully saturated rings. The Labute approximate surface area is 177 Å². The summed E-state index contributed by atoms with van der Waals surface area (Å²) in [5.74, 6) is -0.319. The fourth-order valence-electron chi connectivity index (χ4n) is 2.68. The van der Waals surface area contributed by atoms with Crippen molar-refractivity contribution in [2.45, 2.75) is 31.2 Å². The lowest BCUT2D eigenvalue weighted by atomic mass is 10.1. The van der Waals surface area contributed by atoms with Crippen LogP contribution in [0.1, 0.15) is 31.1 Å². The summed E-state index contributed by atoms with van der Waals surface area (Å²) in [4.78, 5) is 14.6. The van der Waals surface area contributed by atoms with Gasteiger partial charge in [-0.1, -0.05) is 11.6 Å². The Hall–Kier alpha value is -2.29. The number of hydrogen-bond donors (Lipinski definition) is 2. The quantitative estimate of drug-likeness (QED) is 0.715. The van der Waals surface area contributed by atoms with Crippen LogP contribution >= 0.6 is 11.6 Å². The fourth-order valence-corrected chi connectivity index (χ4v) is 4.47. The molecule has 1 amide bonds. The molecule has 0 saturated heterocycles. The topological polar surface area (TPSA) is 87.7 Å². The van der Waals surface area contributed by atoms with Crippen LogP contribution in [-0.2, 0) is 10.0 Å². The van der Waals surface area contributed by atoms with Gasteiger partial charge in [-0.3, -0.25) is 4.79 Å². The first-order chi connectivity index (χ1) is 13.3. The van der Waals surface area contributed by atoms with Gasteiger partial charge in [0.2, 0.25) is 10.0 Å². The number of halogens is 1. The van der Waals surface area contributed by atoms with Crippen LogP contribution in [0, 0.1) is 0 Å². The van der Waals surface area contributed by atoms with Gasteiger partial charge in [-0.05, 0) is 57.2 Å². The number of amides is 1. The van der Waals surface area contributed by atoms with Crippen LogP contribution in [-0.4, -0.2) is 41.1 Å². The van der Waals surface area contributed by atoms with E-state index < -0.39 is 21.5 Å². The number of sulfonamides is 1. The highest BCUT2D eigenvalue weighted by Crippen LogP contribution is 2.30. The molecular formula is C20H26ClN3O4S. The zero-order chi connectivity index (χ0) is 22.0. The van der Waals surface area contributed by atoms with Gasteiger partial charge >= 0.3 is 0 Å². The van der Waals surface area contributed by atoms with Crippen molar-refractivity contribution < 1.29 is 17.9 Å². The second-order valence-corrected chi connectivity index (χ2v) is 9.82. The first-order valence-electron chi connectivity index (χ1n) is 8.84. The molecule has 2 aromatic rings. The van der Waals surface area contributed by atoms with Gasteiger partial charge in [0.15, 0.2) is 0 Å². The Balaban J connectivity index is 2.44. The summed E-state index contributed by atoms with van der Waals surface area (Å²) in [6.45, 7) is 5.19. The molecule has 0 aliphatic carbocycles.